The molecule has 1 fully saturated rings. The molecule has 0 atom stereocenters. The first-order valence-corrected chi connectivity index (χ1v) is 8.21. The molecule has 1 heterocycles. The van der Waals surface area contributed by atoms with Crippen molar-refractivity contribution in [1.29, 1.82) is 0 Å². The largest absolute Gasteiger partial charge is 0.351 e. The van der Waals surface area contributed by atoms with E-state index >= 15 is 0 Å². The second-order valence-corrected chi connectivity index (χ2v) is 5.82. The van der Waals surface area contributed by atoms with Crippen LogP contribution in [0.25, 0.3) is 11.4 Å². The summed E-state index contributed by atoms with van der Waals surface area (Å²) >= 11 is 0. The van der Waals surface area contributed by atoms with Gasteiger partial charge in [0.25, 0.3) is 5.91 Å². The molecule has 0 bridgehead atoms. The van der Waals surface area contributed by atoms with E-state index in [1.54, 1.807) is 12.1 Å². The summed E-state index contributed by atoms with van der Waals surface area (Å²) in [4.78, 5) is 16.6. The van der Waals surface area contributed by atoms with Gasteiger partial charge in [0.05, 0.1) is 0 Å². The Morgan fingerprint density at radius 3 is 2.96 bits per heavy atom. The number of carbonyl (C=O) groups excluding carboxylic acids is 1. The predicted molar refractivity (Wildman–Crippen MR) is 87.2 cm³/mol. The fraction of sp³-hybridized carbons (Fsp3) is 0.471. The molecule has 1 aliphatic carbocycles. The monoisotopic (exact) mass is 314 g/mol. The number of nitrogens with one attached hydrogen (secondary N) is 2. The summed E-state index contributed by atoms with van der Waals surface area (Å²) in [5, 5.41) is 10.2. The van der Waals surface area contributed by atoms with Gasteiger partial charge < -0.3 is 15.2 Å². The molecule has 1 aliphatic rings. The van der Waals surface area contributed by atoms with Crippen LogP contribution in [0, 0.1) is 0 Å². The van der Waals surface area contributed by atoms with Gasteiger partial charge in [-0.05, 0) is 37.9 Å². The van der Waals surface area contributed by atoms with E-state index in [-0.39, 0.29) is 5.91 Å². The molecule has 1 amide bonds. The lowest BCUT2D eigenvalue weighted by atomic mass is 10.1. The van der Waals surface area contributed by atoms with Crippen molar-refractivity contribution in [3.63, 3.8) is 0 Å². The van der Waals surface area contributed by atoms with Gasteiger partial charge in [0.15, 0.2) is 0 Å². The maximum absolute atomic E-state index is 12.2. The molecule has 1 aromatic heterocycles. The van der Waals surface area contributed by atoms with E-state index in [0.29, 0.717) is 29.7 Å². The Kier molecular flexibility index (Phi) is 5.02. The second-order valence-electron chi connectivity index (χ2n) is 5.82. The Balaban J connectivity index is 1.60. The van der Waals surface area contributed by atoms with Gasteiger partial charge >= 0.3 is 0 Å². The van der Waals surface area contributed by atoms with Crippen molar-refractivity contribution in [2.75, 3.05) is 19.6 Å². The van der Waals surface area contributed by atoms with E-state index in [4.69, 9.17) is 4.52 Å². The molecule has 0 unspecified atom stereocenters. The Labute approximate surface area is 135 Å². The smallest absolute Gasteiger partial charge is 0.251 e. The summed E-state index contributed by atoms with van der Waals surface area (Å²) in [6, 6.07) is 7.32. The average molecular weight is 314 g/mol. The van der Waals surface area contributed by atoms with Gasteiger partial charge in [-0.2, -0.15) is 4.98 Å². The van der Waals surface area contributed by atoms with Crippen LogP contribution in [0.5, 0.6) is 0 Å². The van der Waals surface area contributed by atoms with Crippen LogP contribution in [0.1, 0.15) is 48.4 Å². The molecule has 1 saturated carbocycles. The molecule has 0 radical (unpaired) electrons. The second kappa shape index (κ2) is 7.37. The Morgan fingerprint density at radius 2 is 2.17 bits per heavy atom. The molecule has 2 aromatic rings. The molecular weight excluding hydrogens is 292 g/mol. The first-order chi connectivity index (χ1) is 11.3. The van der Waals surface area contributed by atoms with E-state index < -0.39 is 0 Å². The van der Waals surface area contributed by atoms with Crippen LogP contribution < -0.4 is 10.6 Å². The summed E-state index contributed by atoms with van der Waals surface area (Å²) in [6.45, 7) is 4.46. The lowest BCUT2D eigenvalue weighted by molar-refractivity contribution is 0.0954. The zero-order chi connectivity index (χ0) is 16.1. The normalized spacial score (nSPS) is 14.0. The summed E-state index contributed by atoms with van der Waals surface area (Å²) in [7, 11) is 0. The van der Waals surface area contributed by atoms with Crippen molar-refractivity contribution >= 4 is 5.91 Å². The van der Waals surface area contributed by atoms with Crippen molar-refractivity contribution in [2.24, 2.45) is 0 Å². The van der Waals surface area contributed by atoms with Crippen LogP contribution in [0.2, 0.25) is 0 Å². The molecule has 0 saturated heterocycles. The average Bonchev–Trinajstić information content (AvgIpc) is 3.31. The summed E-state index contributed by atoms with van der Waals surface area (Å²) in [5.41, 5.74) is 1.41. The molecule has 122 valence electrons. The van der Waals surface area contributed by atoms with Gasteiger partial charge in [-0.3, -0.25) is 4.79 Å². The maximum atomic E-state index is 12.2. The third kappa shape index (κ3) is 4.16. The summed E-state index contributed by atoms with van der Waals surface area (Å²) in [6.07, 6.45) is 3.33. The quantitative estimate of drug-likeness (QED) is 0.731. The molecule has 2 N–H and O–H groups in total. The van der Waals surface area contributed by atoms with Gasteiger partial charge in [0, 0.05) is 30.1 Å². The number of nitrogens with zero attached hydrogens (tertiary/aromatic N) is 2. The first-order valence-electron chi connectivity index (χ1n) is 8.21. The Bertz CT molecular complexity index is 664. The summed E-state index contributed by atoms with van der Waals surface area (Å²) < 4.78 is 5.28. The molecule has 23 heavy (non-hydrogen) atoms. The SMILES string of the molecule is CCCNCCNC(=O)c1cccc(-c2noc(C3CC3)n2)c1. The van der Waals surface area contributed by atoms with E-state index in [2.05, 4.69) is 27.7 Å². The molecule has 1 aromatic carbocycles. The van der Waals surface area contributed by atoms with Crippen molar-refractivity contribution in [2.45, 2.75) is 32.1 Å². The minimum atomic E-state index is -0.0870. The zero-order valence-corrected chi connectivity index (χ0v) is 13.3. The van der Waals surface area contributed by atoms with Crippen LogP contribution in [0.4, 0.5) is 0 Å². The molecule has 0 spiro atoms. The number of hydrogen-bond donors (Lipinski definition) is 2. The highest BCUT2D eigenvalue weighted by Crippen LogP contribution is 2.39. The molecular formula is C17H22N4O2. The Morgan fingerprint density at radius 1 is 1.30 bits per heavy atom. The van der Waals surface area contributed by atoms with E-state index in [0.717, 1.165) is 37.9 Å². The number of benzene rings is 1. The van der Waals surface area contributed by atoms with E-state index in [1.807, 2.05) is 12.1 Å². The standard InChI is InChI=1S/C17H22N4O2/c1-2-8-18-9-10-19-16(22)14-5-3-4-13(11-14)15-20-17(23-21-15)12-6-7-12/h3-5,11-12,18H,2,6-10H2,1H3,(H,19,22). The van der Waals surface area contributed by atoms with Crippen molar-refractivity contribution in [1.82, 2.24) is 20.8 Å². The van der Waals surface area contributed by atoms with Gasteiger partial charge in [-0.15, -0.1) is 0 Å². The molecule has 0 aliphatic heterocycles. The fourth-order valence-corrected chi connectivity index (χ4v) is 2.32. The van der Waals surface area contributed by atoms with Crippen LogP contribution >= 0.6 is 0 Å². The highest BCUT2D eigenvalue weighted by molar-refractivity contribution is 5.95. The van der Waals surface area contributed by atoms with Gasteiger partial charge in [0.2, 0.25) is 11.7 Å². The predicted octanol–water partition coefficient (Wildman–Crippen LogP) is 2.34. The molecule has 3 rings (SSSR count). The highest BCUT2D eigenvalue weighted by atomic mass is 16.5. The maximum Gasteiger partial charge on any atom is 0.251 e. The zero-order valence-electron chi connectivity index (χ0n) is 13.3. The molecule has 6 nitrogen and oxygen atoms in total. The Hall–Kier alpha value is -2.21. The van der Waals surface area contributed by atoms with E-state index in [9.17, 15) is 4.79 Å². The van der Waals surface area contributed by atoms with Crippen molar-refractivity contribution < 1.29 is 9.32 Å². The number of hydrogen-bond acceptors (Lipinski definition) is 5. The minimum Gasteiger partial charge on any atom is -0.351 e. The highest BCUT2D eigenvalue weighted by Gasteiger charge is 2.29. The van der Waals surface area contributed by atoms with Gasteiger partial charge in [-0.1, -0.05) is 24.2 Å². The van der Waals surface area contributed by atoms with Crippen LogP contribution in [-0.2, 0) is 0 Å². The van der Waals surface area contributed by atoms with Gasteiger partial charge in [-0.25, -0.2) is 0 Å². The minimum absolute atomic E-state index is 0.0870. The van der Waals surface area contributed by atoms with Crippen LogP contribution in [0.15, 0.2) is 28.8 Å². The fourth-order valence-electron chi connectivity index (χ4n) is 2.32. The lowest BCUT2D eigenvalue weighted by Gasteiger charge is -2.06. The topological polar surface area (TPSA) is 80.0 Å². The number of amides is 1. The number of rotatable bonds is 8. The third-order valence-corrected chi connectivity index (χ3v) is 3.77. The third-order valence-electron chi connectivity index (χ3n) is 3.77. The molecule has 6 heteroatoms. The van der Waals surface area contributed by atoms with E-state index in [1.165, 1.54) is 0 Å². The lowest BCUT2D eigenvalue weighted by Crippen LogP contribution is -2.32. The number of aromatic nitrogens is 2. The van der Waals surface area contributed by atoms with Crippen molar-refractivity contribution in [3.8, 4) is 11.4 Å². The van der Waals surface area contributed by atoms with Crippen LogP contribution in [-0.4, -0.2) is 35.7 Å². The summed E-state index contributed by atoms with van der Waals surface area (Å²) in [5.74, 6) is 1.59. The number of carbonyl (C=O) groups is 1. The van der Waals surface area contributed by atoms with Crippen LogP contribution in [0.3, 0.4) is 0 Å². The van der Waals surface area contributed by atoms with Gasteiger partial charge in [0.1, 0.15) is 0 Å². The van der Waals surface area contributed by atoms with Crippen molar-refractivity contribution in [3.05, 3.63) is 35.7 Å². The first kappa shape index (κ1) is 15.7.